The summed E-state index contributed by atoms with van der Waals surface area (Å²) < 4.78 is 1.62. The second-order valence-electron chi connectivity index (χ2n) is 4.60. The summed E-state index contributed by atoms with van der Waals surface area (Å²) in [6, 6.07) is 8.12. The molecule has 2 nitrogen and oxygen atoms in total. The highest BCUT2D eigenvalue weighted by Crippen LogP contribution is 2.22. The molecule has 3 heteroatoms. The Morgan fingerprint density at radius 1 is 1.11 bits per heavy atom. The summed E-state index contributed by atoms with van der Waals surface area (Å²) in [4.78, 5) is 11.7. The Kier molecular flexibility index (Phi) is 3.58. The van der Waals surface area contributed by atoms with Crippen molar-refractivity contribution in [2.24, 2.45) is 7.05 Å². The van der Waals surface area contributed by atoms with Crippen molar-refractivity contribution in [3.8, 4) is 11.1 Å². The van der Waals surface area contributed by atoms with Gasteiger partial charge in [-0.1, -0.05) is 18.2 Å². The van der Waals surface area contributed by atoms with E-state index in [4.69, 9.17) is 11.6 Å². The van der Waals surface area contributed by atoms with Gasteiger partial charge in [0.25, 0.3) is 5.56 Å². The van der Waals surface area contributed by atoms with E-state index in [-0.39, 0.29) is 5.56 Å². The van der Waals surface area contributed by atoms with Crippen LogP contribution in [-0.2, 0) is 12.9 Å². The maximum absolute atomic E-state index is 11.7. The standard InChI is InChI=1S/C15H16ClNO/c1-10-6-12(4-5-13(10)8-16)14-7-11(2)15(18)17(3)9-14/h4-7,9H,8H2,1-3H3. The highest BCUT2D eigenvalue weighted by atomic mass is 35.5. The lowest BCUT2D eigenvalue weighted by Gasteiger charge is -2.09. The van der Waals surface area contributed by atoms with E-state index in [2.05, 4.69) is 13.0 Å². The predicted octanol–water partition coefficient (Wildman–Crippen LogP) is 3.41. The average Bonchev–Trinajstić information content (AvgIpc) is 2.35. The zero-order valence-corrected chi connectivity index (χ0v) is 11.6. The first-order valence-electron chi connectivity index (χ1n) is 5.86. The van der Waals surface area contributed by atoms with Gasteiger partial charge < -0.3 is 4.57 Å². The zero-order valence-electron chi connectivity index (χ0n) is 10.8. The van der Waals surface area contributed by atoms with Crippen molar-refractivity contribution in [2.75, 3.05) is 0 Å². The number of hydrogen-bond acceptors (Lipinski definition) is 1. The van der Waals surface area contributed by atoms with Gasteiger partial charge in [0.1, 0.15) is 0 Å². The van der Waals surface area contributed by atoms with Gasteiger partial charge in [0, 0.05) is 24.7 Å². The molecule has 94 valence electrons. The van der Waals surface area contributed by atoms with E-state index >= 15 is 0 Å². The summed E-state index contributed by atoms with van der Waals surface area (Å²) in [5, 5.41) is 0. The van der Waals surface area contributed by atoms with Gasteiger partial charge in [0.05, 0.1) is 0 Å². The third-order valence-electron chi connectivity index (χ3n) is 3.18. The molecule has 0 bridgehead atoms. The van der Waals surface area contributed by atoms with E-state index in [9.17, 15) is 4.79 Å². The molecular weight excluding hydrogens is 246 g/mol. The Balaban J connectivity index is 2.56. The fourth-order valence-corrected chi connectivity index (χ4v) is 2.36. The fourth-order valence-electron chi connectivity index (χ4n) is 2.06. The molecule has 1 aromatic heterocycles. The number of halogens is 1. The van der Waals surface area contributed by atoms with Crippen molar-refractivity contribution >= 4 is 11.6 Å². The Morgan fingerprint density at radius 3 is 2.33 bits per heavy atom. The highest BCUT2D eigenvalue weighted by molar-refractivity contribution is 6.17. The largest absolute Gasteiger partial charge is 0.318 e. The van der Waals surface area contributed by atoms with Crippen LogP contribution in [0.5, 0.6) is 0 Å². The Morgan fingerprint density at radius 2 is 1.78 bits per heavy atom. The number of benzene rings is 1. The molecule has 0 aliphatic carbocycles. The van der Waals surface area contributed by atoms with Crippen LogP contribution in [0.25, 0.3) is 11.1 Å². The Labute approximate surface area is 112 Å². The van der Waals surface area contributed by atoms with Crippen molar-refractivity contribution in [2.45, 2.75) is 19.7 Å². The van der Waals surface area contributed by atoms with Crippen LogP contribution in [-0.4, -0.2) is 4.57 Å². The molecule has 0 N–H and O–H groups in total. The van der Waals surface area contributed by atoms with Gasteiger partial charge in [-0.05, 0) is 42.2 Å². The van der Waals surface area contributed by atoms with Crippen LogP contribution in [0.2, 0.25) is 0 Å². The first kappa shape index (κ1) is 12.9. The maximum atomic E-state index is 11.7. The first-order chi connectivity index (χ1) is 8.52. The molecule has 0 aliphatic heterocycles. The smallest absolute Gasteiger partial charge is 0.253 e. The molecule has 18 heavy (non-hydrogen) atoms. The van der Waals surface area contributed by atoms with Crippen molar-refractivity contribution in [3.63, 3.8) is 0 Å². The molecule has 0 aliphatic rings. The van der Waals surface area contributed by atoms with E-state index < -0.39 is 0 Å². The van der Waals surface area contributed by atoms with Crippen LogP contribution < -0.4 is 5.56 Å². The molecule has 1 heterocycles. The lowest BCUT2D eigenvalue weighted by molar-refractivity contribution is 0.850. The summed E-state index contributed by atoms with van der Waals surface area (Å²) in [6.45, 7) is 3.89. The van der Waals surface area contributed by atoms with E-state index in [1.165, 1.54) is 5.56 Å². The van der Waals surface area contributed by atoms with E-state index in [1.807, 2.05) is 31.3 Å². The van der Waals surface area contributed by atoms with Gasteiger partial charge in [-0.3, -0.25) is 4.79 Å². The summed E-state index contributed by atoms with van der Waals surface area (Å²) >= 11 is 5.86. The first-order valence-corrected chi connectivity index (χ1v) is 6.39. The van der Waals surface area contributed by atoms with Crippen LogP contribution in [0.3, 0.4) is 0 Å². The molecular formula is C15H16ClNO. The number of rotatable bonds is 2. The summed E-state index contributed by atoms with van der Waals surface area (Å²) in [7, 11) is 1.78. The number of aryl methyl sites for hydroxylation is 3. The van der Waals surface area contributed by atoms with Gasteiger partial charge >= 0.3 is 0 Å². The van der Waals surface area contributed by atoms with Crippen LogP contribution in [0.15, 0.2) is 35.3 Å². The molecule has 0 saturated heterocycles. The van der Waals surface area contributed by atoms with Crippen LogP contribution in [0.1, 0.15) is 16.7 Å². The lowest BCUT2D eigenvalue weighted by Crippen LogP contribution is -2.18. The third kappa shape index (κ3) is 2.34. The van der Waals surface area contributed by atoms with Crippen molar-refractivity contribution < 1.29 is 0 Å². The molecule has 0 atom stereocenters. The predicted molar refractivity (Wildman–Crippen MR) is 76.2 cm³/mol. The second-order valence-corrected chi connectivity index (χ2v) is 4.87. The number of nitrogens with zero attached hydrogens (tertiary/aromatic N) is 1. The van der Waals surface area contributed by atoms with E-state index in [1.54, 1.807) is 11.6 Å². The van der Waals surface area contributed by atoms with Crippen LogP contribution >= 0.6 is 11.6 Å². The Bertz CT molecular complexity index is 617. The zero-order chi connectivity index (χ0) is 13.3. The van der Waals surface area contributed by atoms with Crippen molar-refractivity contribution in [1.29, 1.82) is 0 Å². The molecule has 1 aromatic carbocycles. The molecule has 0 radical (unpaired) electrons. The molecule has 0 saturated carbocycles. The summed E-state index contributed by atoms with van der Waals surface area (Å²) in [6.07, 6.45) is 1.87. The molecule has 2 rings (SSSR count). The average molecular weight is 262 g/mol. The monoisotopic (exact) mass is 261 g/mol. The minimum Gasteiger partial charge on any atom is -0.318 e. The normalized spacial score (nSPS) is 10.7. The van der Waals surface area contributed by atoms with Gasteiger partial charge in [-0.15, -0.1) is 11.6 Å². The number of alkyl halides is 1. The number of aromatic nitrogens is 1. The fraction of sp³-hybridized carbons (Fsp3) is 0.267. The number of hydrogen-bond donors (Lipinski definition) is 0. The van der Waals surface area contributed by atoms with Crippen molar-refractivity contribution in [1.82, 2.24) is 4.57 Å². The maximum Gasteiger partial charge on any atom is 0.253 e. The summed E-state index contributed by atoms with van der Waals surface area (Å²) in [5.74, 6) is 0.526. The van der Waals surface area contributed by atoms with E-state index in [0.717, 1.165) is 22.3 Å². The molecule has 2 aromatic rings. The van der Waals surface area contributed by atoms with Gasteiger partial charge in [-0.25, -0.2) is 0 Å². The third-order valence-corrected chi connectivity index (χ3v) is 3.47. The molecule has 0 fully saturated rings. The number of pyridine rings is 1. The van der Waals surface area contributed by atoms with Crippen molar-refractivity contribution in [3.05, 3.63) is 57.5 Å². The quantitative estimate of drug-likeness (QED) is 0.760. The van der Waals surface area contributed by atoms with Crippen LogP contribution in [0.4, 0.5) is 0 Å². The SMILES string of the molecule is Cc1cc(-c2cc(C)c(=O)n(C)c2)ccc1CCl. The van der Waals surface area contributed by atoms with Gasteiger partial charge in [0.15, 0.2) is 0 Å². The minimum absolute atomic E-state index is 0.0489. The van der Waals surface area contributed by atoms with Gasteiger partial charge in [-0.2, -0.15) is 0 Å². The molecule has 0 amide bonds. The highest BCUT2D eigenvalue weighted by Gasteiger charge is 2.05. The second kappa shape index (κ2) is 4.99. The summed E-state index contributed by atoms with van der Waals surface area (Å²) in [5.41, 5.74) is 5.29. The molecule has 0 spiro atoms. The lowest BCUT2D eigenvalue weighted by atomic mass is 10.0. The van der Waals surface area contributed by atoms with Crippen LogP contribution in [0, 0.1) is 13.8 Å². The topological polar surface area (TPSA) is 22.0 Å². The Hall–Kier alpha value is -1.54. The van der Waals surface area contributed by atoms with E-state index in [0.29, 0.717) is 5.88 Å². The minimum atomic E-state index is 0.0489. The van der Waals surface area contributed by atoms with Gasteiger partial charge in [0.2, 0.25) is 0 Å². The molecule has 0 unspecified atom stereocenters.